The van der Waals surface area contributed by atoms with Crippen LogP contribution >= 0.6 is 0 Å². The summed E-state index contributed by atoms with van der Waals surface area (Å²) in [6.45, 7) is 6.01. The Hall–Kier alpha value is -3.22. The van der Waals surface area contributed by atoms with Crippen molar-refractivity contribution in [2.45, 2.75) is 33.7 Å². The first kappa shape index (κ1) is 21.1. The number of carbonyl (C=O) groups excluding carboxylic acids is 2. The number of nitro groups is 1. The van der Waals surface area contributed by atoms with Crippen LogP contribution in [0.1, 0.15) is 40.4 Å². The van der Waals surface area contributed by atoms with Gasteiger partial charge in [-0.1, -0.05) is 42.8 Å². The van der Waals surface area contributed by atoms with Crippen molar-refractivity contribution in [1.29, 1.82) is 0 Å². The number of aryl methyl sites for hydroxylation is 1. The molecule has 0 aromatic heterocycles. The lowest BCUT2D eigenvalue weighted by atomic mass is 10.1. The van der Waals surface area contributed by atoms with Crippen LogP contribution in [0.5, 0.6) is 0 Å². The van der Waals surface area contributed by atoms with Gasteiger partial charge in [-0.2, -0.15) is 0 Å². The van der Waals surface area contributed by atoms with Crippen molar-refractivity contribution in [3.05, 3.63) is 74.8 Å². The highest BCUT2D eigenvalue weighted by Crippen LogP contribution is 2.21. The van der Waals surface area contributed by atoms with Crippen LogP contribution in [0, 0.1) is 24.0 Å². The molecular formula is C21H24N2O5. The lowest BCUT2D eigenvalue weighted by molar-refractivity contribution is -0.385. The molecule has 0 bridgehead atoms. The Kier molecular flexibility index (Phi) is 7.26. The maximum Gasteiger partial charge on any atom is 0.339 e. The minimum Gasteiger partial charge on any atom is -0.452 e. The summed E-state index contributed by atoms with van der Waals surface area (Å²) in [5.74, 6) is -1.06. The number of hydrogen-bond donors (Lipinski definition) is 0. The predicted octanol–water partition coefficient (Wildman–Crippen LogP) is 3.81. The lowest BCUT2D eigenvalue weighted by Gasteiger charge is -2.22. The van der Waals surface area contributed by atoms with Crippen LogP contribution in [0.15, 0.2) is 42.5 Å². The quantitative estimate of drug-likeness (QED) is 0.392. The van der Waals surface area contributed by atoms with E-state index in [-0.39, 0.29) is 22.7 Å². The number of ether oxygens (including phenoxy) is 1. The summed E-state index contributed by atoms with van der Waals surface area (Å²) < 4.78 is 5.14. The highest BCUT2D eigenvalue weighted by Gasteiger charge is 2.21. The maximum absolute atomic E-state index is 12.5. The summed E-state index contributed by atoms with van der Waals surface area (Å²) in [4.78, 5) is 36.9. The van der Waals surface area contributed by atoms with Gasteiger partial charge < -0.3 is 9.64 Å². The largest absolute Gasteiger partial charge is 0.452 e. The topological polar surface area (TPSA) is 89.8 Å². The summed E-state index contributed by atoms with van der Waals surface area (Å²) in [6.07, 6.45) is 0.773. The zero-order chi connectivity index (χ0) is 20.7. The smallest absolute Gasteiger partial charge is 0.339 e. The summed E-state index contributed by atoms with van der Waals surface area (Å²) >= 11 is 0. The fraction of sp³-hybridized carbons (Fsp3) is 0.333. The average Bonchev–Trinajstić information content (AvgIpc) is 2.67. The molecule has 0 aliphatic rings. The van der Waals surface area contributed by atoms with E-state index in [1.807, 2.05) is 38.1 Å². The minimum absolute atomic E-state index is 0.0857. The fourth-order valence-corrected chi connectivity index (χ4v) is 2.81. The highest BCUT2D eigenvalue weighted by atomic mass is 16.6. The fourth-order valence-electron chi connectivity index (χ4n) is 2.81. The molecule has 0 aliphatic carbocycles. The van der Waals surface area contributed by atoms with E-state index in [0.717, 1.165) is 17.5 Å². The average molecular weight is 384 g/mol. The van der Waals surface area contributed by atoms with Crippen LogP contribution < -0.4 is 0 Å². The van der Waals surface area contributed by atoms with Crippen molar-refractivity contribution in [3.8, 4) is 0 Å². The second kappa shape index (κ2) is 9.64. The van der Waals surface area contributed by atoms with E-state index in [2.05, 4.69) is 0 Å². The summed E-state index contributed by atoms with van der Waals surface area (Å²) in [7, 11) is 0. The van der Waals surface area contributed by atoms with E-state index in [4.69, 9.17) is 4.74 Å². The van der Waals surface area contributed by atoms with Gasteiger partial charge in [0.25, 0.3) is 11.6 Å². The predicted molar refractivity (Wildman–Crippen MR) is 105 cm³/mol. The molecule has 2 aromatic rings. The van der Waals surface area contributed by atoms with E-state index in [9.17, 15) is 19.7 Å². The maximum atomic E-state index is 12.5. The molecule has 0 heterocycles. The standard InChI is InChI=1S/C21H24N2O5/c1-4-12-22(13-17-10-8-15(2)9-11-17)20(24)14-28-21(25)18-6-5-7-19(16(18)3)23(26)27/h5-11H,4,12-14H2,1-3H3. The third-order valence-electron chi connectivity index (χ3n) is 4.39. The SMILES string of the molecule is CCCN(Cc1ccc(C)cc1)C(=O)COC(=O)c1cccc([N+](=O)[O-])c1C. The Morgan fingerprint density at radius 1 is 1.11 bits per heavy atom. The Morgan fingerprint density at radius 2 is 1.79 bits per heavy atom. The normalized spacial score (nSPS) is 10.4. The molecule has 0 spiro atoms. The third-order valence-corrected chi connectivity index (χ3v) is 4.39. The molecule has 2 rings (SSSR count). The van der Waals surface area contributed by atoms with E-state index in [1.165, 1.54) is 25.1 Å². The van der Waals surface area contributed by atoms with Crippen LogP contribution in [0.25, 0.3) is 0 Å². The van der Waals surface area contributed by atoms with Crippen LogP contribution in [0.4, 0.5) is 5.69 Å². The van der Waals surface area contributed by atoms with Crippen molar-refractivity contribution in [1.82, 2.24) is 4.90 Å². The van der Waals surface area contributed by atoms with Gasteiger partial charge in [-0.05, 0) is 31.9 Å². The van der Waals surface area contributed by atoms with Crippen molar-refractivity contribution in [3.63, 3.8) is 0 Å². The van der Waals surface area contributed by atoms with Gasteiger partial charge in [-0.3, -0.25) is 14.9 Å². The minimum atomic E-state index is -0.749. The van der Waals surface area contributed by atoms with Crippen LogP contribution in [-0.2, 0) is 16.1 Å². The molecule has 1 amide bonds. The first-order valence-electron chi connectivity index (χ1n) is 9.08. The number of rotatable bonds is 8. The molecule has 0 N–H and O–H groups in total. The Balaban J connectivity index is 2.04. The number of nitro benzene ring substituents is 1. The molecule has 0 saturated heterocycles. The third kappa shape index (κ3) is 5.39. The summed E-state index contributed by atoms with van der Waals surface area (Å²) in [5, 5.41) is 11.0. The van der Waals surface area contributed by atoms with E-state index in [1.54, 1.807) is 4.90 Å². The molecule has 148 valence electrons. The van der Waals surface area contributed by atoms with Crippen molar-refractivity contribution >= 4 is 17.6 Å². The van der Waals surface area contributed by atoms with Crippen molar-refractivity contribution in [2.75, 3.05) is 13.2 Å². The van der Waals surface area contributed by atoms with Gasteiger partial charge in [0.05, 0.1) is 10.5 Å². The van der Waals surface area contributed by atoms with E-state index in [0.29, 0.717) is 13.1 Å². The molecule has 2 aromatic carbocycles. The molecule has 0 unspecified atom stereocenters. The second-order valence-electron chi connectivity index (χ2n) is 6.58. The molecule has 7 heteroatoms. The number of hydrogen-bond acceptors (Lipinski definition) is 5. The van der Waals surface area contributed by atoms with Crippen LogP contribution in [-0.4, -0.2) is 34.9 Å². The molecule has 0 aliphatic heterocycles. The first-order valence-corrected chi connectivity index (χ1v) is 9.08. The van der Waals surface area contributed by atoms with Gasteiger partial charge in [-0.15, -0.1) is 0 Å². The summed E-state index contributed by atoms with van der Waals surface area (Å²) in [6, 6.07) is 12.1. The molecule has 0 radical (unpaired) electrons. The van der Waals surface area contributed by atoms with Gasteiger partial charge in [0.1, 0.15) is 0 Å². The number of esters is 1. The Labute approximate surface area is 164 Å². The highest BCUT2D eigenvalue weighted by molar-refractivity contribution is 5.93. The number of amides is 1. The first-order chi connectivity index (χ1) is 13.3. The summed E-state index contributed by atoms with van der Waals surface area (Å²) in [5.41, 5.74) is 2.27. The zero-order valence-corrected chi connectivity index (χ0v) is 16.3. The molecule has 0 atom stereocenters. The molecule has 0 fully saturated rings. The Bertz CT molecular complexity index is 862. The van der Waals surface area contributed by atoms with Gasteiger partial charge in [0.15, 0.2) is 6.61 Å². The molecular weight excluding hydrogens is 360 g/mol. The van der Waals surface area contributed by atoms with E-state index < -0.39 is 17.5 Å². The van der Waals surface area contributed by atoms with Gasteiger partial charge in [0, 0.05) is 24.7 Å². The molecule has 0 saturated carbocycles. The second-order valence-corrected chi connectivity index (χ2v) is 6.58. The van der Waals surface area contributed by atoms with Crippen LogP contribution in [0.2, 0.25) is 0 Å². The molecule has 28 heavy (non-hydrogen) atoms. The number of benzene rings is 2. The van der Waals surface area contributed by atoms with Gasteiger partial charge in [-0.25, -0.2) is 4.79 Å². The van der Waals surface area contributed by atoms with Gasteiger partial charge in [0.2, 0.25) is 0 Å². The lowest BCUT2D eigenvalue weighted by Crippen LogP contribution is -2.35. The van der Waals surface area contributed by atoms with Crippen LogP contribution in [0.3, 0.4) is 0 Å². The molecule has 7 nitrogen and oxygen atoms in total. The van der Waals surface area contributed by atoms with Crippen molar-refractivity contribution in [2.24, 2.45) is 0 Å². The van der Waals surface area contributed by atoms with Gasteiger partial charge >= 0.3 is 5.97 Å². The Morgan fingerprint density at radius 3 is 2.39 bits per heavy atom. The number of carbonyl (C=O) groups is 2. The zero-order valence-electron chi connectivity index (χ0n) is 16.3. The van der Waals surface area contributed by atoms with Crippen molar-refractivity contribution < 1.29 is 19.2 Å². The van der Waals surface area contributed by atoms with E-state index >= 15 is 0 Å². The number of nitrogens with zero attached hydrogens (tertiary/aromatic N) is 2. The monoisotopic (exact) mass is 384 g/mol.